The van der Waals surface area contributed by atoms with Crippen LogP contribution in [0.5, 0.6) is 0 Å². The molecule has 0 aliphatic rings. The van der Waals surface area contributed by atoms with E-state index >= 15 is 0 Å². The SMILES string of the molecule is COCCC(C)NC(=O)c1cccc(C=CC(=O)O)c1C. The lowest BCUT2D eigenvalue weighted by molar-refractivity contribution is -0.131. The highest BCUT2D eigenvalue weighted by Gasteiger charge is 2.13. The quantitative estimate of drug-likeness (QED) is 0.755. The first-order valence-electron chi connectivity index (χ1n) is 6.76. The molecule has 1 amide bonds. The molecule has 0 saturated carbocycles. The lowest BCUT2D eigenvalue weighted by Gasteiger charge is -2.15. The number of aliphatic carboxylic acids is 1. The average Bonchev–Trinajstić information content (AvgIpc) is 2.43. The zero-order valence-corrected chi connectivity index (χ0v) is 12.6. The topological polar surface area (TPSA) is 75.6 Å². The van der Waals surface area contributed by atoms with Crippen LogP contribution in [-0.2, 0) is 9.53 Å². The van der Waals surface area contributed by atoms with E-state index in [1.54, 1.807) is 32.2 Å². The number of carboxylic acids is 1. The number of carbonyl (C=O) groups is 2. The van der Waals surface area contributed by atoms with Gasteiger partial charge in [0.25, 0.3) is 5.91 Å². The summed E-state index contributed by atoms with van der Waals surface area (Å²) in [5.41, 5.74) is 2.02. The Hall–Kier alpha value is -2.14. The third-order valence-corrected chi connectivity index (χ3v) is 3.16. The molecule has 2 N–H and O–H groups in total. The number of methoxy groups -OCH3 is 1. The minimum atomic E-state index is -1.02. The molecule has 0 fully saturated rings. The highest BCUT2D eigenvalue weighted by molar-refractivity contribution is 5.97. The number of amides is 1. The summed E-state index contributed by atoms with van der Waals surface area (Å²) in [4.78, 5) is 22.8. The molecule has 5 nitrogen and oxygen atoms in total. The van der Waals surface area contributed by atoms with Gasteiger partial charge in [-0.05, 0) is 43.5 Å². The Bertz CT molecular complexity index is 537. The highest BCUT2D eigenvalue weighted by Crippen LogP contribution is 2.15. The molecule has 5 heteroatoms. The van der Waals surface area contributed by atoms with Crippen molar-refractivity contribution in [1.29, 1.82) is 0 Å². The second-order valence-electron chi connectivity index (χ2n) is 4.85. The summed E-state index contributed by atoms with van der Waals surface area (Å²) in [5, 5.41) is 11.6. The van der Waals surface area contributed by atoms with Crippen molar-refractivity contribution < 1.29 is 19.4 Å². The molecule has 1 aromatic rings. The van der Waals surface area contributed by atoms with Crippen LogP contribution in [0.25, 0.3) is 6.08 Å². The number of carbonyl (C=O) groups excluding carboxylic acids is 1. The van der Waals surface area contributed by atoms with Gasteiger partial charge in [-0.3, -0.25) is 4.79 Å². The Balaban J connectivity index is 2.85. The Morgan fingerprint density at radius 2 is 2.14 bits per heavy atom. The molecular weight excluding hydrogens is 270 g/mol. The van der Waals surface area contributed by atoms with Crippen molar-refractivity contribution in [2.75, 3.05) is 13.7 Å². The molecule has 0 aromatic heterocycles. The number of benzene rings is 1. The van der Waals surface area contributed by atoms with E-state index in [0.29, 0.717) is 12.2 Å². The molecule has 1 rings (SSSR count). The van der Waals surface area contributed by atoms with E-state index in [2.05, 4.69) is 5.32 Å². The predicted octanol–water partition coefficient (Wildman–Crippen LogP) is 2.25. The third-order valence-electron chi connectivity index (χ3n) is 3.16. The monoisotopic (exact) mass is 291 g/mol. The Kier molecular flexibility index (Phi) is 6.62. The summed E-state index contributed by atoms with van der Waals surface area (Å²) in [5.74, 6) is -1.18. The van der Waals surface area contributed by atoms with E-state index in [1.807, 2.05) is 6.92 Å². The minimum Gasteiger partial charge on any atom is -0.478 e. The first-order chi connectivity index (χ1) is 9.95. The van der Waals surface area contributed by atoms with Gasteiger partial charge in [0, 0.05) is 31.4 Å². The molecule has 21 heavy (non-hydrogen) atoms. The van der Waals surface area contributed by atoms with Crippen LogP contribution < -0.4 is 5.32 Å². The predicted molar refractivity (Wildman–Crippen MR) is 81.3 cm³/mol. The zero-order valence-electron chi connectivity index (χ0n) is 12.6. The fourth-order valence-corrected chi connectivity index (χ4v) is 1.91. The average molecular weight is 291 g/mol. The van der Waals surface area contributed by atoms with Crippen LogP contribution in [-0.4, -0.2) is 36.7 Å². The van der Waals surface area contributed by atoms with Crippen molar-refractivity contribution in [2.45, 2.75) is 26.3 Å². The number of hydrogen-bond acceptors (Lipinski definition) is 3. The summed E-state index contributed by atoms with van der Waals surface area (Å²) in [6.45, 7) is 4.30. The number of rotatable bonds is 7. The van der Waals surface area contributed by atoms with E-state index in [9.17, 15) is 9.59 Å². The van der Waals surface area contributed by atoms with Gasteiger partial charge in [0.15, 0.2) is 0 Å². The van der Waals surface area contributed by atoms with Crippen molar-refractivity contribution in [1.82, 2.24) is 5.32 Å². The van der Waals surface area contributed by atoms with Crippen LogP contribution in [0.4, 0.5) is 0 Å². The normalized spacial score (nSPS) is 12.3. The number of carboxylic acid groups (broad SMARTS) is 1. The summed E-state index contributed by atoms with van der Waals surface area (Å²) in [7, 11) is 1.62. The highest BCUT2D eigenvalue weighted by atomic mass is 16.5. The summed E-state index contributed by atoms with van der Waals surface area (Å²) < 4.78 is 4.98. The summed E-state index contributed by atoms with van der Waals surface area (Å²) in [6, 6.07) is 5.25. The summed E-state index contributed by atoms with van der Waals surface area (Å²) in [6.07, 6.45) is 3.29. The lowest BCUT2D eigenvalue weighted by Crippen LogP contribution is -2.33. The van der Waals surface area contributed by atoms with Gasteiger partial charge in [-0.25, -0.2) is 4.79 Å². The fourth-order valence-electron chi connectivity index (χ4n) is 1.91. The first-order valence-corrected chi connectivity index (χ1v) is 6.76. The smallest absolute Gasteiger partial charge is 0.328 e. The van der Waals surface area contributed by atoms with Crippen LogP contribution in [0.2, 0.25) is 0 Å². The maximum absolute atomic E-state index is 12.2. The van der Waals surface area contributed by atoms with E-state index in [0.717, 1.165) is 23.6 Å². The van der Waals surface area contributed by atoms with Gasteiger partial charge in [0.2, 0.25) is 0 Å². The molecule has 0 spiro atoms. The Morgan fingerprint density at radius 1 is 1.43 bits per heavy atom. The van der Waals surface area contributed by atoms with Gasteiger partial charge in [-0.15, -0.1) is 0 Å². The maximum atomic E-state index is 12.2. The van der Waals surface area contributed by atoms with Gasteiger partial charge in [0.05, 0.1) is 0 Å². The van der Waals surface area contributed by atoms with Crippen molar-refractivity contribution in [2.24, 2.45) is 0 Å². The van der Waals surface area contributed by atoms with Crippen LogP contribution >= 0.6 is 0 Å². The molecule has 0 aliphatic carbocycles. The molecule has 1 unspecified atom stereocenters. The summed E-state index contributed by atoms with van der Waals surface area (Å²) >= 11 is 0. The molecule has 0 bridgehead atoms. The second kappa shape index (κ2) is 8.21. The van der Waals surface area contributed by atoms with Gasteiger partial charge < -0.3 is 15.2 Å². The van der Waals surface area contributed by atoms with Crippen molar-refractivity contribution >= 4 is 18.0 Å². The maximum Gasteiger partial charge on any atom is 0.328 e. The molecular formula is C16H21NO4. The standard InChI is InChI=1S/C16H21NO4/c1-11(9-10-21-3)17-16(20)14-6-4-5-13(12(14)2)7-8-15(18)19/h4-8,11H,9-10H2,1-3H3,(H,17,20)(H,18,19). The van der Waals surface area contributed by atoms with Crippen molar-refractivity contribution in [3.63, 3.8) is 0 Å². The molecule has 0 heterocycles. The van der Waals surface area contributed by atoms with Crippen molar-refractivity contribution in [3.05, 3.63) is 41.0 Å². The van der Waals surface area contributed by atoms with E-state index < -0.39 is 5.97 Å². The number of nitrogens with one attached hydrogen (secondary N) is 1. The Labute approximate surface area is 124 Å². The van der Waals surface area contributed by atoms with E-state index in [4.69, 9.17) is 9.84 Å². The van der Waals surface area contributed by atoms with Crippen LogP contribution in [0.1, 0.15) is 34.8 Å². The molecule has 1 aromatic carbocycles. The molecule has 0 saturated heterocycles. The number of ether oxygens (including phenoxy) is 1. The largest absolute Gasteiger partial charge is 0.478 e. The van der Waals surface area contributed by atoms with Crippen LogP contribution in [0.15, 0.2) is 24.3 Å². The third kappa shape index (κ3) is 5.39. The van der Waals surface area contributed by atoms with Crippen molar-refractivity contribution in [3.8, 4) is 0 Å². The minimum absolute atomic E-state index is 0.00932. The Morgan fingerprint density at radius 3 is 2.76 bits per heavy atom. The fraction of sp³-hybridized carbons (Fsp3) is 0.375. The second-order valence-corrected chi connectivity index (χ2v) is 4.85. The van der Waals surface area contributed by atoms with Gasteiger partial charge in [-0.2, -0.15) is 0 Å². The number of hydrogen-bond donors (Lipinski definition) is 2. The molecule has 0 radical (unpaired) electrons. The molecule has 1 atom stereocenters. The molecule has 0 aliphatic heterocycles. The van der Waals surface area contributed by atoms with Gasteiger partial charge in [0.1, 0.15) is 0 Å². The van der Waals surface area contributed by atoms with Gasteiger partial charge >= 0.3 is 5.97 Å². The molecule has 114 valence electrons. The van der Waals surface area contributed by atoms with Gasteiger partial charge in [-0.1, -0.05) is 12.1 Å². The van der Waals surface area contributed by atoms with E-state index in [-0.39, 0.29) is 11.9 Å². The van der Waals surface area contributed by atoms with E-state index in [1.165, 1.54) is 6.08 Å². The van der Waals surface area contributed by atoms with Crippen LogP contribution in [0.3, 0.4) is 0 Å². The zero-order chi connectivity index (χ0) is 15.8. The lowest BCUT2D eigenvalue weighted by atomic mass is 10.0. The van der Waals surface area contributed by atoms with Crippen LogP contribution in [0, 0.1) is 6.92 Å². The first kappa shape index (κ1) is 16.9.